The fourth-order valence-electron chi connectivity index (χ4n) is 5.89. The van der Waals surface area contributed by atoms with Gasteiger partial charge < -0.3 is 12.2 Å². The Kier molecular flexibility index (Phi) is 18.4. The number of hydrogen-bond donors (Lipinski definition) is 0. The standard InChI is InChI=1S/C28H39OP.C4H10.CH3.ClH.Pd/c1-21(2)29-26-19-12-13-22(3)28(26)25-18-10-11-20-27(25)30(23-14-6-4-7-15-23)24-16-8-5-9-17-24;1-3-4-2;;;/h10-13,18-21,23-24H,4-9,14-17H2,1-3H3;3-4H2,1-2H3;1H3;1H;/q;;-1;;+2. The third-order valence-corrected chi connectivity index (χ3v) is 11.7. The second-order valence-electron chi connectivity index (χ2n) is 10.8. The molecule has 0 heterocycles. The molecule has 2 aromatic carbocycles. The molecule has 0 spiro atoms. The number of benzene rings is 2. The van der Waals surface area contributed by atoms with E-state index in [-0.39, 0.29) is 13.5 Å². The monoisotopic (exact) mass is 637 g/mol. The van der Waals surface area contributed by atoms with Gasteiger partial charge in [0.25, 0.3) is 0 Å². The number of ether oxygens (including phenoxy) is 1. The molecular formula is C33H53ClOPPd+. The molecule has 2 saturated carbocycles. The Hall–Kier alpha value is -0.378. The molecule has 0 unspecified atom stereocenters. The number of aryl methyl sites for hydroxylation is 1. The number of halogens is 1. The van der Waals surface area contributed by atoms with Crippen LogP contribution in [0.5, 0.6) is 5.75 Å². The van der Waals surface area contributed by atoms with Gasteiger partial charge in [-0.15, -0.1) is 0 Å². The van der Waals surface area contributed by atoms with Crippen molar-refractivity contribution in [3.63, 3.8) is 0 Å². The van der Waals surface area contributed by atoms with Gasteiger partial charge >= 0.3 is 27.7 Å². The summed E-state index contributed by atoms with van der Waals surface area (Å²) >= 11 is 2.22. The molecule has 2 aliphatic rings. The van der Waals surface area contributed by atoms with E-state index in [0.29, 0.717) is 0 Å². The summed E-state index contributed by atoms with van der Waals surface area (Å²) in [6.45, 7) is 10.9. The van der Waals surface area contributed by atoms with Gasteiger partial charge in [-0.05, 0) is 89.8 Å². The normalized spacial score (nSPS) is 16.3. The summed E-state index contributed by atoms with van der Waals surface area (Å²) in [5, 5.41) is 1.70. The van der Waals surface area contributed by atoms with Crippen molar-refractivity contribution in [2.45, 2.75) is 129 Å². The van der Waals surface area contributed by atoms with Crippen LogP contribution in [0.15, 0.2) is 42.5 Å². The van der Waals surface area contributed by atoms with Crippen LogP contribution in [0.25, 0.3) is 11.1 Å². The van der Waals surface area contributed by atoms with E-state index in [4.69, 9.17) is 4.74 Å². The molecular weight excluding hydrogens is 585 g/mol. The maximum atomic E-state index is 6.32. The number of rotatable bonds is 7. The van der Waals surface area contributed by atoms with Crippen molar-refractivity contribution in [3.05, 3.63) is 55.5 Å². The van der Waals surface area contributed by atoms with Gasteiger partial charge in [0.1, 0.15) is 5.75 Å². The van der Waals surface area contributed by atoms with E-state index in [1.54, 1.807) is 5.30 Å². The van der Waals surface area contributed by atoms with E-state index in [1.807, 2.05) is 0 Å². The van der Waals surface area contributed by atoms with E-state index in [9.17, 15) is 0 Å². The van der Waals surface area contributed by atoms with Crippen LogP contribution in [0, 0.1) is 14.4 Å². The average molecular weight is 639 g/mol. The van der Waals surface area contributed by atoms with E-state index in [2.05, 4.69) is 105 Å². The Morgan fingerprint density at radius 2 is 1.32 bits per heavy atom. The third-order valence-electron chi connectivity index (χ3n) is 7.69. The topological polar surface area (TPSA) is 9.23 Å². The Morgan fingerprint density at radius 1 is 0.811 bits per heavy atom. The summed E-state index contributed by atoms with van der Waals surface area (Å²) in [7, 11) is 3.87. The molecule has 2 aliphatic carbocycles. The van der Waals surface area contributed by atoms with Gasteiger partial charge in [-0.2, -0.15) is 0 Å². The molecule has 4 heteroatoms. The van der Waals surface area contributed by atoms with Crippen LogP contribution in [-0.2, 0) is 18.2 Å². The van der Waals surface area contributed by atoms with Crippen LogP contribution in [-0.4, -0.2) is 17.4 Å². The van der Waals surface area contributed by atoms with Crippen molar-refractivity contribution >= 4 is 22.8 Å². The molecule has 37 heavy (non-hydrogen) atoms. The van der Waals surface area contributed by atoms with Gasteiger partial charge in [0.05, 0.1) is 22.7 Å². The first-order chi connectivity index (χ1) is 17.6. The zero-order valence-electron chi connectivity index (χ0n) is 24.4. The predicted molar refractivity (Wildman–Crippen MR) is 167 cm³/mol. The van der Waals surface area contributed by atoms with E-state index < -0.39 is 7.92 Å². The summed E-state index contributed by atoms with van der Waals surface area (Å²) in [6.07, 6.45) is 17.3. The number of unbranched alkanes of at least 4 members (excludes halogenated alkanes) is 1. The molecule has 4 rings (SSSR count). The molecule has 0 amide bonds. The van der Waals surface area contributed by atoms with Gasteiger partial charge in [-0.25, -0.2) is 0 Å². The van der Waals surface area contributed by atoms with Gasteiger partial charge in [0, 0.05) is 19.0 Å². The van der Waals surface area contributed by atoms with E-state index in [0.717, 1.165) is 17.1 Å². The summed E-state index contributed by atoms with van der Waals surface area (Å²) < 4.78 is 6.32. The van der Waals surface area contributed by atoms with Gasteiger partial charge in [0.15, 0.2) is 0 Å². The van der Waals surface area contributed by atoms with Crippen molar-refractivity contribution < 1.29 is 22.9 Å². The molecule has 1 nitrogen and oxygen atoms in total. The first-order valence-electron chi connectivity index (χ1n) is 14.4. The molecule has 0 atom stereocenters. The van der Waals surface area contributed by atoms with Crippen LogP contribution < -0.4 is 10.0 Å². The quantitative estimate of drug-likeness (QED) is 0.167. The van der Waals surface area contributed by atoms with E-state index >= 15 is 0 Å². The molecule has 0 aliphatic heterocycles. The molecule has 0 N–H and O–H groups in total. The number of hydrogen-bond acceptors (Lipinski definition) is 1. The minimum absolute atomic E-state index is 0. The van der Waals surface area contributed by atoms with Crippen LogP contribution >= 0.6 is 17.5 Å². The Balaban J connectivity index is 0.000000894. The molecule has 212 valence electrons. The van der Waals surface area contributed by atoms with Gasteiger partial charge in [-0.1, -0.05) is 69.9 Å². The third kappa shape index (κ3) is 10.6. The first kappa shape index (κ1) is 34.6. The SMILES string of the molecule is CCCC.Cc1cccc(OC(C)C)c1-c1ccccc1[PH+](C1CCCCC1)C1CCCCC1.[CH3-].[Cl][Pd+]. The summed E-state index contributed by atoms with van der Waals surface area (Å²) in [4.78, 5) is 0. The molecule has 2 fully saturated rings. The van der Waals surface area contributed by atoms with Crippen molar-refractivity contribution in [2.24, 2.45) is 0 Å². The van der Waals surface area contributed by atoms with Crippen molar-refractivity contribution in [1.29, 1.82) is 0 Å². The van der Waals surface area contributed by atoms with Gasteiger partial charge in [-0.3, -0.25) is 0 Å². The molecule has 2 aromatic rings. The fraction of sp³-hybridized carbons (Fsp3) is 0.606. The van der Waals surface area contributed by atoms with Crippen LogP contribution in [0.1, 0.15) is 110 Å². The predicted octanol–water partition coefficient (Wildman–Crippen LogP) is 10.9. The Morgan fingerprint density at radius 3 is 1.81 bits per heavy atom. The fourth-order valence-corrected chi connectivity index (χ4v) is 10.3. The van der Waals surface area contributed by atoms with Crippen molar-refractivity contribution in [1.82, 2.24) is 0 Å². The zero-order valence-corrected chi connectivity index (χ0v) is 27.7. The zero-order chi connectivity index (χ0) is 26.3. The average Bonchev–Trinajstić information content (AvgIpc) is 2.92. The summed E-state index contributed by atoms with van der Waals surface area (Å²) in [6, 6.07) is 16.0. The van der Waals surface area contributed by atoms with Crippen LogP contribution in [0.4, 0.5) is 0 Å². The van der Waals surface area contributed by atoms with Crippen molar-refractivity contribution in [3.8, 4) is 16.9 Å². The Labute approximate surface area is 246 Å². The second-order valence-corrected chi connectivity index (χ2v) is 13.9. The summed E-state index contributed by atoms with van der Waals surface area (Å²) in [5.74, 6) is 1.06. The Bertz CT molecular complexity index is 839. The first-order valence-corrected chi connectivity index (χ1v) is 18.1. The maximum absolute atomic E-state index is 6.32. The van der Waals surface area contributed by atoms with Crippen LogP contribution in [0.2, 0.25) is 0 Å². The minimum atomic E-state index is -0.617. The second kappa shape index (κ2) is 19.6. The molecule has 0 radical (unpaired) electrons. The molecule has 0 bridgehead atoms. The van der Waals surface area contributed by atoms with Crippen LogP contribution in [0.3, 0.4) is 0 Å². The molecule has 0 saturated heterocycles. The summed E-state index contributed by atoms with van der Waals surface area (Å²) in [5.41, 5.74) is 6.06. The molecule has 0 aromatic heterocycles. The van der Waals surface area contributed by atoms with Crippen molar-refractivity contribution in [2.75, 3.05) is 0 Å². The van der Waals surface area contributed by atoms with Gasteiger partial charge in [0.2, 0.25) is 0 Å². The van der Waals surface area contributed by atoms with E-state index in [1.165, 1.54) is 93.7 Å².